The van der Waals surface area contributed by atoms with Crippen molar-refractivity contribution in [3.63, 3.8) is 0 Å². The molecule has 2 atom stereocenters. The Morgan fingerprint density at radius 3 is 2.20 bits per heavy atom. The molecular weight excluding hydrogens is 454 g/mol. The summed E-state index contributed by atoms with van der Waals surface area (Å²) >= 11 is 6.18. The van der Waals surface area contributed by atoms with E-state index < -0.39 is 0 Å². The Balaban J connectivity index is 1.09. The van der Waals surface area contributed by atoms with E-state index in [0.29, 0.717) is 18.4 Å². The van der Waals surface area contributed by atoms with E-state index in [0.717, 1.165) is 42.2 Å². The normalized spacial score (nSPS) is 28.6. The van der Waals surface area contributed by atoms with Crippen molar-refractivity contribution >= 4 is 17.5 Å². The molecule has 0 aliphatic heterocycles. The van der Waals surface area contributed by atoms with Crippen LogP contribution in [-0.4, -0.2) is 12.5 Å². The number of benzene rings is 3. The lowest BCUT2D eigenvalue weighted by atomic mass is 9.42. The second-order valence-electron chi connectivity index (χ2n) is 11.1. The molecule has 35 heavy (non-hydrogen) atoms. The number of rotatable bonds is 7. The van der Waals surface area contributed by atoms with Gasteiger partial charge in [-0.25, -0.2) is 0 Å². The van der Waals surface area contributed by atoms with Crippen LogP contribution in [0.2, 0.25) is 5.02 Å². The molecule has 3 aromatic carbocycles. The Hall–Kier alpha value is -2.78. The van der Waals surface area contributed by atoms with Gasteiger partial charge < -0.3 is 10.1 Å². The molecule has 4 aliphatic rings. The number of halogens is 1. The maximum absolute atomic E-state index is 13.6. The second-order valence-corrected chi connectivity index (χ2v) is 11.5. The summed E-state index contributed by atoms with van der Waals surface area (Å²) in [6.07, 6.45) is 7.64. The minimum atomic E-state index is -0.211. The average molecular weight is 486 g/mol. The highest BCUT2D eigenvalue weighted by atomic mass is 35.5. The molecule has 3 nitrogen and oxygen atoms in total. The van der Waals surface area contributed by atoms with Gasteiger partial charge in [-0.05, 0) is 110 Å². The predicted octanol–water partition coefficient (Wildman–Crippen LogP) is 7.33. The first kappa shape index (κ1) is 22.7. The van der Waals surface area contributed by atoms with Crippen molar-refractivity contribution in [1.29, 1.82) is 0 Å². The van der Waals surface area contributed by atoms with Gasteiger partial charge >= 0.3 is 0 Å². The third-order valence-electron chi connectivity index (χ3n) is 8.60. The summed E-state index contributed by atoms with van der Waals surface area (Å²) in [6.45, 7) is 0.669. The Morgan fingerprint density at radius 2 is 1.51 bits per heavy atom. The summed E-state index contributed by atoms with van der Waals surface area (Å²) in [5.41, 5.74) is 2.51. The average Bonchev–Trinajstić information content (AvgIpc) is 2.85. The molecule has 4 bridgehead atoms. The standard InChI is InChI=1S/C31H32ClNO2/c32-26-10-8-25(9-11-26)30-17-23-16-24(18-30)20-31(19-23,21-30)29(34)33-15-14-22-6-12-28(13-7-22)35-27-4-2-1-3-5-27/h1-13,23-24H,14-21H2,(H,33,34). The van der Waals surface area contributed by atoms with Gasteiger partial charge in [0.2, 0.25) is 5.91 Å². The Labute approximate surface area is 212 Å². The first-order chi connectivity index (χ1) is 17.0. The van der Waals surface area contributed by atoms with Crippen LogP contribution >= 0.6 is 11.6 Å². The van der Waals surface area contributed by atoms with E-state index in [9.17, 15) is 4.79 Å². The molecule has 4 heteroatoms. The van der Waals surface area contributed by atoms with Crippen molar-refractivity contribution in [2.45, 2.75) is 50.4 Å². The fourth-order valence-corrected chi connectivity index (χ4v) is 7.65. The van der Waals surface area contributed by atoms with E-state index in [1.54, 1.807) is 0 Å². The third-order valence-corrected chi connectivity index (χ3v) is 8.85. The predicted molar refractivity (Wildman–Crippen MR) is 140 cm³/mol. The fourth-order valence-electron chi connectivity index (χ4n) is 7.53. The quantitative estimate of drug-likeness (QED) is 0.380. The van der Waals surface area contributed by atoms with Gasteiger partial charge in [0, 0.05) is 11.6 Å². The molecule has 0 aromatic heterocycles. The minimum absolute atomic E-state index is 0.139. The summed E-state index contributed by atoms with van der Waals surface area (Å²) in [5.74, 6) is 3.25. The van der Waals surface area contributed by atoms with Gasteiger partial charge in [-0.2, -0.15) is 0 Å². The summed E-state index contributed by atoms with van der Waals surface area (Å²) in [5, 5.41) is 4.11. The Kier molecular flexibility index (Phi) is 5.84. The molecule has 2 unspecified atom stereocenters. The highest BCUT2D eigenvalue weighted by molar-refractivity contribution is 6.30. The molecule has 4 saturated carbocycles. The van der Waals surface area contributed by atoms with E-state index >= 15 is 0 Å². The van der Waals surface area contributed by atoms with Crippen LogP contribution in [0.3, 0.4) is 0 Å². The molecule has 0 spiro atoms. The zero-order chi connectivity index (χ0) is 23.9. The summed E-state index contributed by atoms with van der Waals surface area (Å²) in [6, 6.07) is 26.4. The number of amides is 1. The molecule has 1 N–H and O–H groups in total. The number of ether oxygens (including phenoxy) is 1. The largest absolute Gasteiger partial charge is 0.457 e. The maximum Gasteiger partial charge on any atom is 0.226 e. The van der Waals surface area contributed by atoms with Crippen molar-refractivity contribution in [2.75, 3.05) is 6.54 Å². The number of carbonyl (C=O) groups is 1. The molecule has 4 aliphatic carbocycles. The van der Waals surface area contributed by atoms with Gasteiger partial charge in [0.1, 0.15) is 11.5 Å². The molecule has 0 saturated heterocycles. The van der Waals surface area contributed by atoms with Crippen molar-refractivity contribution in [2.24, 2.45) is 17.3 Å². The van der Waals surface area contributed by atoms with E-state index in [-0.39, 0.29) is 16.7 Å². The maximum atomic E-state index is 13.6. The highest BCUT2D eigenvalue weighted by Crippen LogP contribution is 2.65. The Morgan fingerprint density at radius 1 is 0.857 bits per heavy atom. The molecule has 3 aromatic rings. The van der Waals surface area contributed by atoms with Crippen LogP contribution in [0, 0.1) is 17.3 Å². The van der Waals surface area contributed by atoms with Gasteiger partial charge in [0.05, 0.1) is 5.41 Å². The molecule has 7 rings (SSSR count). The molecule has 0 radical (unpaired) electrons. The number of hydrogen-bond acceptors (Lipinski definition) is 2. The summed E-state index contributed by atoms with van der Waals surface area (Å²) < 4.78 is 5.89. The van der Waals surface area contributed by atoms with E-state index in [1.807, 2.05) is 54.6 Å². The SMILES string of the molecule is O=C(NCCc1ccc(Oc2ccccc2)cc1)C12CC3CC(C1)CC(c1ccc(Cl)cc1)(C3)C2. The van der Waals surface area contributed by atoms with Crippen LogP contribution in [-0.2, 0) is 16.6 Å². The van der Waals surface area contributed by atoms with Crippen molar-refractivity contribution in [3.8, 4) is 11.5 Å². The third kappa shape index (κ3) is 4.47. The highest BCUT2D eigenvalue weighted by Gasteiger charge is 2.60. The van der Waals surface area contributed by atoms with Crippen LogP contribution < -0.4 is 10.1 Å². The van der Waals surface area contributed by atoms with Crippen LogP contribution in [0.15, 0.2) is 78.9 Å². The molecular formula is C31H32ClNO2. The lowest BCUT2D eigenvalue weighted by Crippen LogP contribution is -2.59. The monoisotopic (exact) mass is 485 g/mol. The zero-order valence-electron chi connectivity index (χ0n) is 20.0. The van der Waals surface area contributed by atoms with Crippen LogP contribution in [0.25, 0.3) is 0 Å². The minimum Gasteiger partial charge on any atom is -0.457 e. The van der Waals surface area contributed by atoms with E-state index in [1.165, 1.54) is 30.4 Å². The first-order valence-corrected chi connectivity index (χ1v) is 13.3. The summed E-state index contributed by atoms with van der Waals surface area (Å²) in [7, 11) is 0. The smallest absolute Gasteiger partial charge is 0.226 e. The molecule has 0 heterocycles. The number of nitrogens with one attached hydrogen (secondary N) is 1. The molecule has 4 fully saturated rings. The fraction of sp³-hybridized carbons (Fsp3) is 0.387. The van der Waals surface area contributed by atoms with Gasteiger partial charge in [-0.15, -0.1) is 0 Å². The lowest BCUT2D eigenvalue weighted by Gasteiger charge is -2.61. The number of para-hydroxylation sites is 1. The van der Waals surface area contributed by atoms with Crippen molar-refractivity contribution in [1.82, 2.24) is 5.32 Å². The zero-order valence-corrected chi connectivity index (χ0v) is 20.8. The lowest BCUT2D eigenvalue weighted by molar-refractivity contribution is -0.149. The Bertz CT molecular complexity index is 1170. The van der Waals surface area contributed by atoms with Crippen molar-refractivity contribution < 1.29 is 9.53 Å². The van der Waals surface area contributed by atoms with Gasteiger partial charge in [-0.1, -0.05) is 54.1 Å². The van der Waals surface area contributed by atoms with Gasteiger partial charge in [-0.3, -0.25) is 4.79 Å². The van der Waals surface area contributed by atoms with Crippen LogP contribution in [0.1, 0.15) is 49.7 Å². The topological polar surface area (TPSA) is 38.3 Å². The van der Waals surface area contributed by atoms with Crippen LogP contribution in [0.5, 0.6) is 11.5 Å². The molecule has 1 amide bonds. The first-order valence-electron chi connectivity index (χ1n) is 12.9. The number of hydrogen-bond donors (Lipinski definition) is 1. The van der Waals surface area contributed by atoms with Crippen molar-refractivity contribution in [3.05, 3.63) is 95.0 Å². The van der Waals surface area contributed by atoms with Crippen LogP contribution in [0.4, 0.5) is 0 Å². The van der Waals surface area contributed by atoms with Gasteiger partial charge in [0.15, 0.2) is 0 Å². The number of carbonyl (C=O) groups excluding carboxylic acids is 1. The second kappa shape index (κ2) is 9.02. The molecule has 180 valence electrons. The van der Waals surface area contributed by atoms with E-state index in [4.69, 9.17) is 16.3 Å². The van der Waals surface area contributed by atoms with Gasteiger partial charge in [0.25, 0.3) is 0 Å². The van der Waals surface area contributed by atoms with E-state index in [2.05, 4.69) is 29.6 Å². The summed E-state index contributed by atoms with van der Waals surface area (Å²) in [4.78, 5) is 13.6.